The molecule has 0 saturated carbocycles. The van der Waals surface area contributed by atoms with Crippen molar-refractivity contribution in [2.24, 2.45) is 0 Å². The van der Waals surface area contributed by atoms with Crippen LogP contribution in [0.1, 0.15) is 21.9 Å². The van der Waals surface area contributed by atoms with Crippen LogP contribution in [0.4, 0.5) is 0 Å². The third kappa shape index (κ3) is 3.34. The normalized spacial score (nSPS) is 16.8. The van der Waals surface area contributed by atoms with Crippen LogP contribution in [-0.4, -0.2) is 50.2 Å². The molecule has 2 heterocycles. The van der Waals surface area contributed by atoms with Crippen molar-refractivity contribution in [3.63, 3.8) is 0 Å². The Hall–Kier alpha value is -1.33. The molecule has 1 fully saturated rings. The van der Waals surface area contributed by atoms with Crippen LogP contribution in [0.15, 0.2) is 10.5 Å². The second-order valence-corrected chi connectivity index (χ2v) is 4.54. The minimum absolute atomic E-state index is 0.0578. The summed E-state index contributed by atoms with van der Waals surface area (Å²) in [7, 11) is 0. The van der Waals surface area contributed by atoms with Gasteiger partial charge in [-0.25, -0.2) is 0 Å². The van der Waals surface area contributed by atoms with E-state index in [0.29, 0.717) is 17.9 Å². The lowest BCUT2D eigenvalue weighted by molar-refractivity contribution is 0.0383. The zero-order valence-corrected chi connectivity index (χ0v) is 11.0. The number of rotatable bonds is 4. The van der Waals surface area contributed by atoms with Gasteiger partial charge in [-0.2, -0.15) is 0 Å². The number of amides is 1. The molecule has 1 N–H and O–H groups in total. The number of furan rings is 1. The summed E-state index contributed by atoms with van der Waals surface area (Å²) in [5.41, 5.74) is 0.634. The van der Waals surface area contributed by atoms with Gasteiger partial charge in [-0.05, 0) is 19.9 Å². The topological polar surface area (TPSA) is 54.7 Å². The van der Waals surface area contributed by atoms with Gasteiger partial charge in [-0.3, -0.25) is 9.69 Å². The van der Waals surface area contributed by atoms with Gasteiger partial charge in [-0.15, -0.1) is 0 Å². The largest absolute Gasteiger partial charge is 0.466 e. The highest BCUT2D eigenvalue weighted by Crippen LogP contribution is 2.13. The van der Waals surface area contributed by atoms with Crippen LogP contribution >= 0.6 is 0 Å². The molecule has 1 amide bonds. The number of carbonyl (C=O) groups is 1. The van der Waals surface area contributed by atoms with Gasteiger partial charge in [0.05, 0.1) is 18.8 Å². The Morgan fingerprint density at radius 3 is 2.72 bits per heavy atom. The average Bonchev–Trinajstić information content (AvgIpc) is 2.70. The van der Waals surface area contributed by atoms with E-state index in [4.69, 9.17) is 9.15 Å². The van der Waals surface area contributed by atoms with Crippen molar-refractivity contribution in [1.29, 1.82) is 0 Å². The van der Waals surface area contributed by atoms with E-state index in [1.807, 2.05) is 13.8 Å². The molecule has 5 nitrogen and oxygen atoms in total. The summed E-state index contributed by atoms with van der Waals surface area (Å²) in [6, 6.07) is 1.78. The zero-order chi connectivity index (χ0) is 13.0. The molecule has 0 aromatic carbocycles. The Labute approximate surface area is 107 Å². The monoisotopic (exact) mass is 252 g/mol. The van der Waals surface area contributed by atoms with Crippen molar-refractivity contribution >= 4 is 5.91 Å². The summed E-state index contributed by atoms with van der Waals surface area (Å²) < 4.78 is 10.6. The van der Waals surface area contributed by atoms with Crippen molar-refractivity contribution in [2.75, 3.05) is 39.4 Å². The molecular formula is C13H20N2O3. The van der Waals surface area contributed by atoms with Gasteiger partial charge in [0.25, 0.3) is 5.91 Å². The van der Waals surface area contributed by atoms with Gasteiger partial charge in [-0.1, -0.05) is 0 Å². The molecule has 0 bridgehead atoms. The van der Waals surface area contributed by atoms with E-state index in [2.05, 4.69) is 10.2 Å². The average molecular weight is 252 g/mol. The summed E-state index contributed by atoms with van der Waals surface area (Å²) in [6.45, 7) is 8.64. The number of nitrogens with one attached hydrogen (secondary N) is 1. The highest BCUT2D eigenvalue weighted by atomic mass is 16.5. The van der Waals surface area contributed by atoms with Crippen LogP contribution in [-0.2, 0) is 4.74 Å². The Bertz CT molecular complexity index is 408. The third-order valence-corrected chi connectivity index (χ3v) is 3.10. The van der Waals surface area contributed by atoms with Gasteiger partial charge in [0, 0.05) is 26.2 Å². The number of carbonyl (C=O) groups excluding carboxylic acids is 1. The zero-order valence-electron chi connectivity index (χ0n) is 11.0. The number of hydrogen-bond acceptors (Lipinski definition) is 4. The van der Waals surface area contributed by atoms with E-state index >= 15 is 0 Å². The number of ether oxygens (including phenoxy) is 1. The molecule has 100 valence electrons. The lowest BCUT2D eigenvalue weighted by Gasteiger charge is -2.26. The van der Waals surface area contributed by atoms with E-state index < -0.39 is 0 Å². The number of hydrogen-bond donors (Lipinski definition) is 1. The smallest absolute Gasteiger partial charge is 0.254 e. The van der Waals surface area contributed by atoms with Gasteiger partial charge < -0.3 is 14.5 Å². The number of morpholine rings is 1. The summed E-state index contributed by atoms with van der Waals surface area (Å²) in [6.07, 6.45) is 0. The van der Waals surface area contributed by atoms with Crippen molar-refractivity contribution in [3.05, 3.63) is 23.2 Å². The summed E-state index contributed by atoms with van der Waals surface area (Å²) in [5.74, 6) is 1.39. The molecule has 5 heteroatoms. The SMILES string of the molecule is Cc1cc(C(=O)NCCN2CCOCC2)c(C)o1. The first-order chi connectivity index (χ1) is 8.66. The maximum atomic E-state index is 11.9. The van der Waals surface area contributed by atoms with Crippen molar-refractivity contribution in [3.8, 4) is 0 Å². The molecule has 1 saturated heterocycles. The molecule has 1 aromatic heterocycles. The minimum atomic E-state index is -0.0578. The molecule has 1 aliphatic rings. The van der Waals surface area contributed by atoms with Gasteiger partial charge in [0.15, 0.2) is 0 Å². The fourth-order valence-corrected chi connectivity index (χ4v) is 2.10. The maximum absolute atomic E-state index is 11.9. The lowest BCUT2D eigenvalue weighted by atomic mass is 10.2. The second-order valence-electron chi connectivity index (χ2n) is 4.54. The van der Waals surface area contributed by atoms with Crippen LogP contribution in [0.5, 0.6) is 0 Å². The fraction of sp³-hybridized carbons (Fsp3) is 0.615. The standard InChI is InChI=1S/C13H20N2O3/c1-10-9-12(11(2)18-10)13(16)14-3-4-15-5-7-17-8-6-15/h9H,3-8H2,1-2H3,(H,14,16). The van der Waals surface area contributed by atoms with Crippen LogP contribution < -0.4 is 5.32 Å². The van der Waals surface area contributed by atoms with Gasteiger partial charge in [0.1, 0.15) is 11.5 Å². The fourth-order valence-electron chi connectivity index (χ4n) is 2.10. The highest BCUT2D eigenvalue weighted by Gasteiger charge is 2.14. The Balaban J connectivity index is 1.76. The lowest BCUT2D eigenvalue weighted by Crippen LogP contribution is -2.41. The van der Waals surface area contributed by atoms with Crippen molar-refractivity contribution < 1.29 is 13.9 Å². The van der Waals surface area contributed by atoms with E-state index in [1.165, 1.54) is 0 Å². The van der Waals surface area contributed by atoms with Crippen LogP contribution in [0.2, 0.25) is 0 Å². The first-order valence-electron chi connectivity index (χ1n) is 6.32. The molecule has 0 unspecified atom stereocenters. The van der Waals surface area contributed by atoms with E-state index in [9.17, 15) is 4.79 Å². The van der Waals surface area contributed by atoms with Gasteiger partial charge in [0.2, 0.25) is 0 Å². The minimum Gasteiger partial charge on any atom is -0.466 e. The van der Waals surface area contributed by atoms with Crippen LogP contribution in [0, 0.1) is 13.8 Å². The molecule has 1 aromatic rings. The molecule has 2 rings (SSSR count). The molecule has 18 heavy (non-hydrogen) atoms. The quantitative estimate of drug-likeness (QED) is 0.867. The molecular weight excluding hydrogens is 232 g/mol. The van der Waals surface area contributed by atoms with E-state index in [0.717, 1.165) is 38.6 Å². The predicted molar refractivity (Wildman–Crippen MR) is 67.8 cm³/mol. The molecule has 0 aliphatic carbocycles. The molecule has 0 atom stereocenters. The van der Waals surface area contributed by atoms with Crippen LogP contribution in [0.3, 0.4) is 0 Å². The number of nitrogens with zero attached hydrogens (tertiary/aromatic N) is 1. The van der Waals surface area contributed by atoms with Crippen molar-refractivity contribution in [1.82, 2.24) is 10.2 Å². The Kier molecular flexibility index (Phi) is 4.38. The molecule has 1 aliphatic heterocycles. The third-order valence-electron chi connectivity index (χ3n) is 3.10. The van der Waals surface area contributed by atoms with Crippen LogP contribution in [0.25, 0.3) is 0 Å². The summed E-state index contributed by atoms with van der Waals surface area (Å²) >= 11 is 0. The highest BCUT2D eigenvalue weighted by molar-refractivity contribution is 5.95. The maximum Gasteiger partial charge on any atom is 0.254 e. The van der Waals surface area contributed by atoms with E-state index in [1.54, 1.807) is 6.07 Å². The summed E-state index contributed by atoms with van der Waals surface area (Å²) in [5, 5.41) is 2.92. The van der Waals surface area contributed by atoms with E-state index in [-0.39, 0.29) is 5.91 Å². The second kappa shape index (κ2) is 6.02. The molecule has 0 spiro atoms. The Morgan fingerprint density at radius 2 is 2.11 bits per heavy atom. The Morgan fingerprint density at radius 1 is 1.39 bits per heavy atom. The first-order valence-corrected chi connectivity index (χ1v) is 6.32. The summed E-state index contributed by atoms with van der Waals surface area (Å²) in [4.78, 5) is 14.2. The first kappa shape index (κ1) is 13.1. The predicted octanol–water partition coefficient (Wildman–Crippen LogP) is 0.958. The molecule has 0 radical (unpaired) electrons. The van der Waals surface area contributed by atoms with Crippen molar-refractivity contribution in [2.45, 2.75) is 13.8 Å². The number of aryl methyl sites for hydroxylation is 2. The van der Waals surface area contributed by atoms with Gasteiger partial charge >= 0.3 is 0 Å².